The smallest absolute Gasteiger partial charge is 0.335 e. The zero-order chi connectivity index (χ0) is 15.9. The van der Waals surface area contributed by atoms with Crippen LogP contribution in [0.1, 0.15) is 40.4 Å². The average molecular weight is 297 g/mol. The maximum Gasteiger partial charge on any atom is 0.335 e. The van der Waals surface area contributed by atoms with Crippen molar-refractivity contribution in [1.82, 2.24) is 5.32 Å². The molecule has 116 valence electrons. The van der Waals surface area contributed by atoms with Crippen molar-refractivity contribution in [2.75, 3.05) is 0 Å². The van der Waals surface area contributed by atoms with Crippen molar-refractivity contribution < 1.29 is 9.90 Å². The zero-order valence-corrected chi connectivity index (χ0v) is 13.2. The van der Waals surface area contributed by atoms with E-state index in [4.69, 9.17) is 5.11 Å². The predicted molar refractivity (Wildman–Crippen MR) is 89.2 cm³/mol. The molecule has 1 atom stereocenters. The third-order valence-electron chi connectivity index (χ3n) is 3.89. The van der Waals surface area contributed by atoms with Crippen LogP contribution in [0, 0.1) is 6.92 Å². The molecule has 1 unspecified atom stereocenters. The minimum Gasteiger partial charge on any atom is -0.478 e. The normalized spacial score (nSPS) is 12.1. The van der Waals surface area contributed by atoms with Crippen molar-refractivity contribution in [3.8, 4) is 0 Å². The van der Waals surface area contributed by atoms with Crippen molar-refractivity contribution in [3.63, 3.8) is 0 Å². The van der Waals surface area contributed by atoms with Crippen LogP contribution in [0.3, 0.4) is 0 Å². The molecule has 0 radical (unpaired) electrons. The molecular weight excluding hydrogens is 274 g/mol. The summed E-state index contributed by atoms with van der Waals surface area (Å²) in [6.07, 6.45) is 2.06. The van der Waals surface area contributed by atoms with E-state index in [1.165, 1.54) is 11.1 Å². The van der Waals surface area contributed by atoms with Crippen LogP contribution in [-0.4, -0.2) is 17.1 Å². The molecule has 0 fully saturated rings. The minimum atomic E-state index is -0.884. The predicted octanol–water partition coefficient (Wildman–Crippen LogP) is 3.80. The van der Waals surface area contributed by atoms with Crippen LogP contribution >= 0.6 is 0 Å². The number of hydrogen-bond acceptors (Lipinski definition) is 2. The van der Waals surface area contributed by atoms with E-state index in [0.717, 1.165) is 24.9 Å². The van der Waals surface area contributed by atoms with E-state index in [2.05, 4.69) is 43.4 Å². The summed E-state index contributed by atoms with van der Waals surface area (Å²) in [7, 11) is 0. The Morgan fingerprint density at radius 2 is 1.64 bits per heavy atom. The van der Waals surface area contributed by atoms with E-state index in [-0.39, 0.29) is 0 Å². The largest absolute Gasteiger partial charge is 0.478 e. The molecule has 0 saturated carbocycles. The van der Waals surface area contributed by atoms with Crippen LogP contribution in [0.2, 0.25) is 0 Å². The Kier molecular flexibility index (Phi) is 5.73. The van der Waals surface area contributed by atoms with E-state index in [0.29, 0.717) is 11.6 Å². The van der Waals surface area contributed by atoms with Crippen molar-refractivity contribution in [2.45, 2.75) is 39.3 Å². The highest BCUT2D eigenvalue weighted by atomic mass is 16.4. The third kappa shape index (κ3) is 4.71. The van der Waals surface area contributed by atoms with Crippen LogP contribution < -0.4 is 5.32 Å². The van der Waals surface area contributed by atoms with Gasteiger partial charge in [-0.3, -0.25) is 0 Å². The van der Waals surface area contributed by atoms with Crippen LogP contribution in [0.5, 0.6) is 0 Å². The first-order valence-corrected chi connectivity index (χ1v) is 7.69. The summed E-state index contributed by atoms with van der Waals surface area (Å²) in [6, 6.07) is 16.1. The van der Waals surface area contributed by atoms with Gasteiger partial charge in [-0.15, -0.1) is 0 Å². The summed E-state index contributed by atoms with van der Waals surface area (Å²) in [4.78, 5) is 10.8. The fourth-order valence-electron chi connectivity index (χ4n) is 2.40. The second-order valence-electron chi connectivity index (χ2n) is 5.68. The maximum absolute atomic E-state index is 10.8. The Bertz CT molecular complexity index is 602. The fourth-order valence-corrected chi connectivity index (χ4v) is 2.40. The van der Waals surface area contributed by atoms with Gasteiger partial charge >= 0.3 is 5.97 Å². The Balaban J connectivity index is 1.90. The first-order valence-electron chi connectivity index (χ1n) is 7.69. The molecule has 0 aliphatic heterocycles. The van der Waals surface area contributed by atoms with Gasteiger partial charge in [-0.25, -0.2) is 4.79 Å². The summed E-state index contributed by atoms with van der Waals surface area (Å²) in [5.41, 5.74) is 4.05. The molecule has 3 heteroatoms. The van der Waals surface area contributed by atoms with Crippen molar-refractivity contribution in [2.24, 2.45) is 0 Å². The Hall–Kier alpha value is -2.13. The molecule has 0 bridgehead atoms. The Morgan fingerprint density at radius 3 is 2.18 bits per heavy atom. The fraction of sp³-hybridized carbons (Fsp3) is 0.316. The topological polar surface area (TPSA) is 49.3 Å². The summed E-state index contributed by atoms with van der Waals surface area (Å²) in [6.45, 7) is 5.03. The maximum atomic E-state index is 10.8. The number of carbonyl (C=O) groups is 1. The van der Waals surface area contributed by atoms with E-state index in [1.54, 1.807) is 12.1 Å². The highest BCUT2D eigenvalue weighted by molar-refractivity contribution is 5.87. The van der Waals surface area contributed by atoms with E-state index in [1.807, 2.05) is 12.1 Å². The molecule has 3 nitrogen and oxygen atoms in total. The number of carboxylic acid groups (broad SMARTS) is 1. The second kappa shape index (κ2) is 7.76. The van der Waals surface area contributed by atoms with Crippen LogP contribution in [0.4, 0.5) is 0 Å². The molecule has 0 aliphatic rings. The van der Waals surface area contributed by atoms with E-state index >= 15 is 0 Å². The SMILES string of the molecule is CCC(Cc1ccc(C)cc1)NCc1ccc(C(=O)O)cc1. The molecule has 2 aromatic carbocycles. The standard InChI is InChI=1S/C19H23NO2/c1-3-18(12-15-6-4-14(2)5-7-15)20-13-16-8-10-17(11-9-16)19(21)22/h4-11,18,20H,3,12-13H2,1-2H3,(H,21,22). The molecular formula is C19H23NO2. The molecule has 0 aliphatic carbocycles. The number of carboxylic acids is 1. The van der Waals surface area contributed by atoms with Gasteiger partial charge < -0.3 is 10.4 Å². The highest BCUT2D eigenvalue weighted by Gasteiger charge is 2.07. The molecule has 0 amide bonds. The van der Waals surface area contributed by atoms with E-state index < -0.39 is 5.97 Å². The lowest BCUT2D eigenvalue weighted by Crippen LogP contribution is -2.30. The van der Waals surface area contributed by atoms with Gasteiger partial charge in [0.15, 0.2) is 0 Å². The van der Waals surface area contributed by atoms with Gasteiger partial charge in [-0.1, -0.05) is 48.9 Å². The Labute approximate surface area is 132 Å². The van der Waals surface area contributed by atoms with Gasteiger partial charge in [-0.05, 0) is 43.0 Å². The first-order chi connectivity index (χ1) is 10.6. The number of hydrogen-bond donors (Lipinski definition) is 2. The van der Waals surface area contributed by atoms with Gasteiger partial charge in [-0.2, -0.15) is 0 Å². The van der Waals surface area contributed by atoms with Gasteiger partial charge in [0, 0.05) is 12.6 Å². The lowest BCUT2D eigenvalue weighted by Gasteiger charge is -2.17. The molecule has 22 heavy (non-hydrogen) atoms. The molecule has 0 heterocycles. The zero-order valence-electron chi connectivity index (χ0n) is 13.2. The van der Waals surface area contributed by atoms with Gasteiger partial charge in [0.1, 0.15) is 0 Å². The highest BCUT2D eigenvalue weighted by Crippen LogP contribution is 2.10. The minimum absolute atomic E-state index is 0.329. The molecule has 2 N–H and O–H groups in total. The molecule has 0 spiro atoms. The van der Waals surface area contributed by atoms with Crippen LogP contribution in [-0.2, 0) is 13.0 Å². The lowest BCUT2D eigenvalue weighted by molar-refractivity contribution is 0.0697. The van der Waals surface area contributed by atoms with Crippen molar-refractivity contribution in [1.29, 1.82) is 0 Å². The van der Waals surface area contributed by atoms with E-state index in [9.17, 15) is 4.79 Å². The molecule has 2 rings (SSSR count). The van der Waals surface area contributed by atoms with Gasteiger partial charge in [0.2, 0.25) is 0 Å². The Morgan fingerprint density at radius 1 is 1.05 bits per heavy atom. The number of aromatic carboxylic acids is 1. The monoisotopic (exact) mass is 297 g/mol. The van der Waals surface area contributed by atoms with Crippen LogP contribution in [0.25, 0.3) is 0 Å². The second-order valence-corrected chi connectivity index (χ2v) is 5.68. The molecule has 2 aromatic rings. The van der Waals surface area contributed by atoms with Crippen LogP contribution in [0.15, 0.2) is 48.5 Å². The molecule has 0 aromatic heterocycles. The average Bonchev–Trinajstić information content (AvgIpc) is 2.53. The first kappa shape index (κ1) is 16.2. The van der Waals surface area contributed by atoms with Gasteiger partial charge in [0.25, 0.3) is 0 Å². The van der Waals surface area contributed by atoms with Gasteiger partial charge in [0.05, 0.1) is 5.56 Å². The number of benzene rings is 2. The summed E-state index contributed by atoms with van der Waals surface area (Å²) < 4.78 is 0. The number of rotatable bonds is 7. The summed E-state index contributed by atoms with van der Waals surface area (Å²) in [5.74, 6) is -0.884. The third-order valence-corrected chi connectivity index (χ3v) is 3.89. The number of nitrogens with one attached hydrogen (secondary N) is 1. The molecule has 0 saturated heterocycles. The summed E-state index contributed by atoms with van der Waals surface area (Å²) in [5, 5.41) is 12.4. The lowest BCUT2D eigenvalue weighted by atomic mass is 10.0. The van der Waals surface area contributed by atoms with Crippen molar-refractivity contribution in [3.05, 3.63) is 70.8 Å². The van der Waals surface area contributed by atoms with Crippen molar-refractivity contribution >= 4 is 5.97 Å². The summed E-state index contributed by atoms with van der Waals surface area (Å²) >= 11 is 0. The number of aryl methyl sites for hydroxylation is 1. The quantitative estimate of drug-likeness (QED) is 0.817.